The van der Waals surface area contributed by atoms with Crippen LogP contribution in [0.4, 0.5) is 5.69 Å². The van der Waals surface area contributed by atoms with Gasteiger partial charge in [-0.2, -0.15) is 0 Å². The van der Waals surface area contributed by atoms with Gasteiger partial charge >= 0.3 is 0 Å². The molecule has 112 valence electrons. The fourth-order valence-corrected chi connectivity index (χ4v) is 2.32. The molecule has 1 unspecified atom stereocenters. The maximum absolute atomic E-state index is 11.9. The Morgan fingerprint density at radius 3 is 2.40 bits per heavy atom. The summed E-state index contributed by atoms with van der Waals surface area (Å²) in [5.41, 5.74) is 0.409. The van der Waals surface area contributed by atoms with Crippen LogP contribution in [-0.4, -0.2) is 30.2 Å². The Balaban J connectivity index is 2.51. The predicted octanol–water partition coefficient (Wildman–Crippen LogP) is 2.93. The van der Waals surface area contributed by atoms with Crippen molar-refractivity contribution in [2.45, 2.75) is 26.3 Å². The second kappa shape index (κ2) is 8.47. The van der Waals surface area contributed by atoms with Gasteiger partial charge in [0, 0.05) is 6.04 Å². The molecule has 0 fully saturated rings. The Bertz CT molecular complexity index is 433. The zero-order valence-corrected chi connectivity index (χ0v) is 13.1. The minimum absolute atomic E-state index is 0.00168. The van der Waals surface area contributed by atoms with E-state index < -0.39 is 0 Å². The van der Waals surface area contributed by atoms with Crippen molar-refractivity contribution in [2.75, 3.05) is 18.5 Å². The third kappa shape index (κ3) is 5.67. The average molecular weight is 319 g/mol. The third-order valence-corrected chi connectivity index (χ3v) is 3.38. The lowest BCUT2D eigenvalue weighted by Gasteiger charge is -2.18. The number of hydrogen-bond donors (Lipinski definition) is 3. The van der Waals surface area contributed by atoms with E-state index >= 15 is 0 Å². The first kappa shape index (κ1) is 17.2. The second-order valence-electron chi connectivity index (χ2n) is 5.03. The molecule has 0 aliphatic heterocycles. The van der Waals surface area contributed by atoms with Gasteiger partial charge in [0.1, 0.15) is 0 Å². The van der Waals surface area contributed by atoms with Crippen LogP contribution in [0.25, 0.3) is 0 Å². The molecule has 1 atom stereocenters. The molecular formula is C14H20Cl2N2O2. The standard InChI is InChI=1S/C14H20Cl2N2O2/c1-9(2)6-10(8-19)17-7-13(20)18-14-11(15)4-3-5-12(14)16/h3-5,9-10,17,19H,6-8H2,1-2H3,(H,18,20). The van der Waals surface area contributed by atoms with Crippen LogP contribution in [0, 0.1) is 5.92 Å². The molecular weight excluding hydrogens is 299 g/mol. The number of aliphatic hydroxyl groups excluding tert-OH is 1. The first-order valence-electron chi connectivity index (χ1n) is 6.52. The van der Waals surface area contributed by atoms with Crippen LogP contribution in [-0.2, 0) is 4.79 Å². The molecule has 0 aromatic heterocycles. The second-order valence-corrected chi connectivity index (χ2v) is 5.85. The lowest BCUT2D eigenvalue weighted by atomic mass is 10.0. The van der Waals surface area contributed by atoms with E-state index in [-0.39, 0.29) is 25.1 Å². The number of carbonyl (C=O) groups is 1. The quantitative estimate of drug-likeness (QED) is 0.724. The number of benzene rings is 1. The van der Waals surface area contributed by atoms with E-state index in [2.05, 4.69) is 24.5 Å². The van der Waals surface area contributed by atoms with Crippen molar-refractivity contribution in [3.05, 3.63) is 28.2 Å². The van der Waals surface area contributed by atoms with Gasteiger partial charge in [-0.05, 0) is 24.5 Å². The molecule has 6 heteroatoms. The smallest absolute Gasteiger partial charge is 0.238 e. The van der Waals surface area contributed by atoms with E-state index in [1.54, 1.807) is 18.2 Å². The summed E-state index contributed by atoms with van der Waals surface area (Å²) in [5.74, 6) is 0.197. The molecule has 0 aliphatic rings. The number of anilines is 1. The summed E-state index contributed by atoms with van der Waals surface area (Å²) in [4.78, 5) is 11.9. The number of hydrogen-bond acceptors (Lipinski definition) is 3. The van der Waals surface area contributed by atoms with Crippen molar-refractivity contribution in [2.24, 2.45) is 5.92 Å². The van der Waals surface area contributed by atoms with Crippen molar-refractivity contribution in [3.8, 4) is 0 Å². The van der Waals surface area contributed by atoms with E-state index in [1.807, 2.05) is 0 Å². The van der Waals surface area contributed by atoms with Crippen LogP contribution in [0.5, 0.6) is 0 Å². The average Bonchev–Trinajstić information content (AvgIpc) is 2.38. The first-order valence-corrected chi connectivity index (χ1v) is 7.27. The number of halogens is 2. The summed E-state index contributed by atoms with van der Waals surface area (Å²) in [7, 11) is 0. The van der Waals surface area contributed by atoms with Gasteiger partial charge in [0.05, 0.1) is 28.9 Å². The van der Waals surface area contributed by atoms with E-state index in [0.29, 0.717) is 21.7 Å². The fraction of sp³-hybridized carbons (Fsp3) is 0.500. The minimum Gasteiger partial charge on any atom is -0.395 e. The van der Waals surface area contributed by atoms with Crippen molar-refractivity contribution in [1.29, 1.82) is 0 Å². The summed E-state index contributed by atoms with van der Waals surface area (Å²) in [6, 6.07) is 4.93. The van der Waals surface area contributed by atoms with Crippen molar-refractivity contribution >= 4 is 34.8 Å². The highest BCUT2D eigenvalue weighted by molar-refractivity contribution is 6.39. The van der Waals surface area contributed by atoms with E-state index in [0.717, 1.165) is 6.42 Å². The zero-order chi connectivity index (χ0) is 15.1. The summed E-state index contributed by atoms with van der Waals surface area (Å²) < 4.78 is 0. The van der Waals surface area contributed by atoms with Crippen LogP contribution in [0.15, 0.2) is 18.2 Å². The maximum atomic E-state index is 11.9. The first-order chi connectivity index (χ1) is 9.43. The summed E-state index contributed by atoms with van der Waals surface area (Å²) in [5, 5.41) is 15.7. The van der Waals surface area contributed by atoms with Crippen LogP contribution in [0.2, 0.25) is 10.0 Å². The van der Waals surface area contributed by atoms with Gasteiger partial charge in [-0.3, -0.25) is 4.79 Å². The summed E-state index contributed by atoms with van der Waals surface area (Å²) in [6.07, 6.45) is 0.802. The molecule has 0 spiro atoms. The molecule has 1 rings (SSSR count). The van der Waals surface area contributed by atoms with E-state index in [1.165, 1.54) is 0 Å². The Labute approximate surface area is 129 Å². The monoisotopic (exact) mass is 318 g/mol. The van der Waals surface area contributed by atoms with Gasteiger partial charge in [-0.15, -0.1) is 0 Å². The van der Waals surface area contributed by atoms with Gasteiger partial charge in [0.2, 0.25) is 5.91 Å². The molecule has 0 saturated carbocycles. The van der Waals surface area contributed by atoms with Gasteiger partial charge in [0.15, 0.2) is 0 Å². The molecule has 0 bridgehead atoms. The van der Waals surface area contributed by atoms with Gasteiger partial charge in [-0.1, -0.05) is 43.1 Å². The molecule has 4 nitrogen and oxygen atoms in total. The molecule has 20 heavy (non-hydrogen) atoms. The molecule has 0 radical (unpaired) electrons. The SMILES string of the molecule is CC(C)CC(CO)NCC(=O)Nc1c(Cl)cccc1Cl. The van der Waals surface area contributed by atoms with Gasteiger partial charge in [0.25, 0.3) is 0 Å². The van der Waals surface area contributed by atoms with Crippen LogP contribution in [0.3, 0.4) is 0 Å². The normalized spacial score (nSPS) is 12.5. The fourth-order valence-electron chi connectivity index (χ4n) is 1.83. The van der Waals surface area contributed by atoms with Crippen LogP contribution in [0.1, 0.15) is 20.3 Å². The largest absolute Gasteiger partial charge is 0.395 e. The van der Waals surface area contributed by atoms with E-state index in [4.69, 9.17) is 23.2 Å². The number of rotatable bonds is 7. The molecule has 0 saturated heterocycles. The summed E-state index contributed by atoms with van der Waals surface area (Å²) >= 11 is 11.9. The zero-order valence-electron chi connectivity index (χ0n) is 11.6. The highest BCUT2D eigenvalue weighted by Gasteiger charge is 2.13. The van der Waals surface area contributed by atoms with Crippen molar-refractivity contribution < 1.29 is 9.90 Å². The maximum Gasteiger partial charge on any atom is 0.238 e. The Morgan fingerprint density at radius 2 is 1.90 bits per heavy atom. The predicted molar refractivity (Wildman–Crippen MR) is 83.4 cm³/mol. The molecule has 1 amide bonds. The highest BCUT2D eigenvalue weighted by Crippen LogP contribution is 2.29. The molecule has 1 aromatic carbocycles. The number of para-hydroxylation sites is 1. The third-order valence-electron chi connectivity index (χ3n) is 2.75. The highest BCUT2D eigenvalue weighted by atomic mass is 35.5. The molecule has 0 heterocycles. The minimum atomic E-state index is -0.248. The van der Waals surface area contributed by atoms with Crippen molar-refractivity contribution in [1.82, 2.24) is 5.32 Å². The van der Waals surface area contributed by atoms with Crippen LogP contribution < -0.4 is 10.6 Å². The Hall–Kier alpha value is -0.810. The lowest BCUT2D eigenvalue weighted by Crippen LogP contribution is -2.39. The molecule has 3 N–H and O–H groups in total. The summed E-state index contributed by atoms with van der Waals surface area (Å²) in [6.45, 7) is 4.22. The van der Waals surface area contributed by atoms with Gasteiger partial charge < -0.3 is 15.7 Å². The Morgan fingerprint density at radius 1 is 1.30 bits per heavy atom. The van der Waals surface area contributed by atoms with Crippen LogP contribution >= 0.6 is 23.2 Å². The van der Waals surface area contributed by atoms with E-state index in [9.17, 15) is 9.90 Å². The van der Waals surface area contributed by atoms with Crippen molar-refractivity contribution in [3.63, 3.8) is 0 Å². The molecule has 1 aromatic rings. The lowest BCUT2D eigenvalue weighted by molar-refractivity contribution is -0.115. The topological polar surface area (TPSA) is 61.4 Å². The Kier molecular flexibility index (Phi) is 7.30. The molecule has 0 aliphatic carbocycles. The number of aliphatic hydroxyl groups is 1. The van der Waals surface area contributed by atoms with Gasteiger partial charge in [-0.25, -0.2) is 0 Å². The number of carbonyl (C=O) groups excluding carboxylic acids is 1. The number of amides is 1. The number of nitrogens with one attached hydrogen (secondary N) is 2.